The van der Waals surface area contributed by atoms with Crippen LogP contribution in [0.1, 0.15) is 37.7 Å². The highest BCUT2D eigenvalue weighted by Gasteiger charge is 2.61. The molecule has 7 heteroatoms. The van der Waals surface area contributed by atoms with Gasteiger partial charge < -0.3 is 15.0 Å². The summed E-state index contributed by atoms with van der Waals surface area (Å²) in [5.74, 6) is 0.519. The molecular formula is C24H27ClN2O4. The Labute approximate surface area is 188 Å². The molecule has 3 rings (SSSR count). The predicted molar refractivity (Wildman–Crippen MR) is 118 cm³/mol. The summed E-state index contributed by atoms with van der Waals surface area (Å²) in [7, 11) is 1.33. The number of esters is 1. The molecule has 164 valence electrons. The largest absolute Gasteiger partial charge is 0.468 e. The van der Waals surface area contributed by atoms with Gasteiger partial charge in [0.05, 0.1) is 19.6 Å². The SMILES string of the molecule is C#CCNC(=O)C[C@@H]1C(=O)N(CCc2ccc(Cl)cc2)C2=CCCCC[C@]21C(=O)OC. The topological polar surface area (TPSA) is 75.7 Å². The summed E-state index contributed by atoms with van der Waals surface area (Å²) in [4.78, 5) is 40.8. The smallest absolute Gasteiger partial charge is 0.318 e. The van der Waals surface area contributed by atoms with Crippen molar-refractivity contribution < 1.29 is 19.1 Å². The molecule has 0 unspecified atom stereocenters. The number of halogens is 1. The van der Waals surface area contributed by atoms with Crippen LogP contribution in [0.4, 0.5) is 0 Å². The van der Waals surface area contributed by atoms with E-state index in [4.69, 9.17) is 22.8 Å². The van der Waals surface area contributed by atoms with E-state index in [0.29, 0.717) is 30.1 Å². The molecule has 2 atom stereocenters. The maximum absolute atomic E-state index is 13.5. The van der Waals surface area contributed by atoms with Crippen molar-refractivity contribution >= 4 is 29.4 Å². The number of methoxy groups -OCH3 is 1. The molecule has 1 heterocycles. The predicted octanol–water partition coefficient (Wildman–Crippen LogP) is 3.10. The zero-order valence-electron chi connectivity index (χ0n) is 17.7. The van der Waals surface area contributed by atoms with Gasteiger partial charge in [0, 0.05) is 23.7 Å². The summed E-state index contributed by atoms with van der Waals surface area (Å²) >= 11 is 5.97. The Morgan fingerprint density at radius 3 is 2.74 bits per heavy atom. The number of amides is 2. The van der Waals surface area contributed by atoms with Crippen LogP contribution < -0.4 is 5.32 Å². The average Bonchev–Trinajstić information content (AvgIpc) is 2.91. The molecule has 1 aromatic carbocycles. The Bertz CT molecular complexity index is 919. The van der Waals surface area contributed by atoms with Crippen LogP contribution >= 0.6 is 11.6 Å². The third kappa shape index (κ3) is 4.62. The van der Waals surface area contributed by atoms with Crippen molar-refractivity contribution in [2.24, 2.45) is 11.3 Å². The van der Waals surface area contributed by atoms with Crippen molar-refractivity contribution in [3.63, 3.8) is 0 Å². The number of allylic oxidation sites excluding steroid dienone is 1. The third-order valence-electron chi connectivity index (χ3n) is 6.13. The van der Waals surface area contributed by atoms with E-state index < -0.39 is 17.3 Å². The van der Waals surface area contributed by atoms with Crippen molar-refractivity contribution in [3.8, 4) is 12.3 Å². The number of fused-ring (bicyclic) bond motifs is 1. The molecular weight excluding hydrogens is 416 g/mol. The van der Waals surface area contributed by atoms with Gasteiger partial charge in [-0.15, -0.1) is 6.42 Å². The molecule has 0 saturated carbocycles. The van der Waals surface area contributed by atoms with Crippen molar-refractivity contribution in [2.45, 2.75) is 38.5 Å². The van der Waals surface area contributed by atoms with E-state index in [1.54, 1.807) is 4.90 Å². The number of carbonyl (C=O) groups is 3. The van der Waals surface area contributed by atoms with Crippen LogP contribution in [0.5, 0.6) is 0 Å². The van der Waals surface area contributed by atoms with Gasteiger partial charge >= 0.3 is 5.97 Å². The third-order valence-corrected chi connectivity index (χ3v) is 6.39. The summed E-state index contributed by atoms with van der Waals surface area (Å²) in [6.07, 6.45) is 10.6. The average molecular weight is 443 g/mol. The molecule has 1 aromatic rings. The molecule has 1 aliphatic carbocycles. The van der Waals surface area contributed by atoms with Crippen LogP contribution in [-0.4, -0.2) is 42.9 Å². The Morgan fingerprint density at radius 2 is 2.06 bits per heavy atom. The molecule has 1 aliphatic heterocycles. The van der Waals surface area contributed by atoms with Crippen LogP contribution in [0.15, 0.2) is 36.0 Å². The Balaban J connectivity index is 1.94. The minimum atomic E-state index is -1.14. The van der Waals surface area contributed by atoms with Crippen molar-refractivity contribution in [1.29, 1.82) is 0 Å². The van der Waals surface area contributed by atoms with Gasteiger partial charge in [0.15, 0.2) is 0 Å². The van der Waals surface area contributed by atoms with Gasteiger partial charge in [-0.25, -0.2) is 0 Å². The van der Waals surface area contributed by atoms with Crippen LogP contribution in [0.25, 0.3) is 0 Å². The van der Waals surface area contributed by atoms with Crippen molar-refractivity contribution in [1.82, 2.24) is 10.2 Å². The molecule has 1 N–H and O–H groups in total. The first-order valence-corrected chi connectivity index (χ1v) is 10.9. The number of nitrogens with one attached hydrogen (secondary N) is 1. The molecule has 0 aromatic heterocycles. The number of ether oxygens (including phenoxy) is 1. The van der Waals surface area contributed by atoms with E-state index in [1.165, 1.54) is 7.11 Å². The molecule has 0 spiro atoms. The zero-order valence-corrected chi connectivity index (χ0v) is 18.4. The number of hydrogen-bond donors (Lipinski definition) is 1. The molecule has 6 nitrogen and oxygen atoms in total. The van der Waals surface area contributed by atoms with Crippen LogP contribution in [-0.2, 0) is 25.5 Å². The second-order valence-electron chi connectivity index (χ2n) is 7.90. The summed E-state index contributed by atoms with van der Waals surface area (Å²) in [6.45, 7) is 0.488. The first-order chi connectivity index (χ1) is 14.9. The van der Waals surface area contributed by atoms with Crippen molar-refractivity contribution in [3.05, 3.63) is 46.6 Å². The standard InChI is InChI=1S/C24H27ClN2O4/c1-3-14-26-21(28)16-19-22(29)27(15-12-17-8-10-18(25)11-9-17)20-7-5-4-6-13-24(19,20)23(30)31-2/h1,7-11,19H,4-6,12-16H2,2H3,(H,26,28)/t19-,24-/m1/s1. The summed E-state index contributed by atoms with van der Waals surface area (Å²) in [5.41, 5.74) is 0.561. The van der Waals surface area contributed by atoms with Gasteiger partial charge in [-0.3, -0.25) is 14.4 Å². The second-order valence-corrected chi connectivity index (χ2v) is 8.34. The number of rotatable bonds is 7. The van der Waals surface area contributed by atoms with Gasteiger partial charge in [0.2, 0.25) is 11.8 Å². The van der Waals surface area contributed by atoms with E-state index in [-0.39, 0.29) is 24.8 Å². The van der Waals surface area contributed by atoms with E-state index in [2.05, 4.69) is 11.2 Å². The lowest BCUT2D eigenvalue weighted by atomic mass is 9.71. The minimum absolute atomic E-state index is 0.0773. The van der Waals surface area contributed by atoms with Gasteiger partial charge in [-0.05, 0) is 43.4 Å². The van der Waals surface area contributed by atoms with E-state index in [9.17, 15) is 14.4 Å². The highest BCUT2D eigenvalue weighted by atomic mass is 35.5. The fraction of sp³-hybridized carbons (Fsp3) is 0.458. The molecule has 1 saturated heterocycles. The zero-order chi connectivity index (χ0) is 22.4. The maximum Gasteiger partial charge on any atom is 0.318 e. The summed E-state index contributed by atoms with van der Waals surface area (Å²) < 4.78 is 5.18. The fourth-order valence-electron chi connectivity index (χ4n) is 4.64. The lowest BCUT2D eigenvalue weighted by molar-refractivity contribution is -0.155. The second kappa shape index (κ2) is 10.0. The van der Waals surface area contributed by atoms with Gasteiger partial charge in [0.1, 0.15) is 5.41 Å². The quantitative estimate of drug-likeness (QED) is 0.520. The van der Waals surface area contributed by atoms with E-state index in [1.807, 2.05) is 30.3 Å². The van der Waals surface area contributed by atoms with Gasteiger partial charge in [-0.2, -0.15) is 0 Å². The lowest BCUT2D eigenvalue weighted by Crippen LogP contribution is -2.41. The normalized spacial score (nSPS) is 22.7. The molecule has 1 fully saturated rings. The summed E-state index contributed by atoms with van der Waals surface area (Å²) in [5, 5.41) is 3.26. The van der Waals surface area contributed by atoms with Gasteiger partial charge in [0.25, 0.3) is 0 Å². The minimum Gasteiger partial charge on any atom is -0.468 e. The molecule has 31 heavy (non-hydrogen) atoms. The first kappa shape index (κ1) is 22.9. The lowest BCUT2D eigenvalue weighted by Gasteiger charge is -2.31. The highest BCUT2D eigenvalue weighted by Crippen LogP contribution is 2.52. The Kier molecular flexibility index (Phi) is 7.40. The van der Waals surface area contributed by atoms with Crippen molar-refractivity contribution in [2.75, 3.05) is 20.2 Å². The summed E-state index contributed by atoms with van der Waals surface area (Å²) in [6, 6.07) is 7.46. The number of hydrogen-bond acceptors (Lipinski definition) is 4. The highest BCUT2D eigenvalue weighted by molar-refractivity contribution is 6.30. The van der Waals surface area contributed by atoms with Crippen LogP contribution in [0.3, 0.4) is 0 Å². The number of nitrogens with zero attached hydrogens (tertiary/aromatic N) is 1. The Hall–Kier alpha value is -2.78. The Morgan fingerprint density at radius 1 is 1.32 bits per heavy atom. The number of benzene rings is 1. The maximum atomic E-state index is 13.5. The number of terminal acetylenes is 1. The monoisotopic (exact) mass is 442 g/mol. The number of likely N-dealkylation sites (tertiary alicyclic amines) is 1. The fourth-order valence-corrected chi connectivity index (χ4v) is 4.77. The van der Waals surface area contributed by atoms with Crippen LogP contribution in [0, 0.1) is 23.7 Å². The van der Waals surface area contributed by atoms with E-state index >= 15 is 0 Å². The van der Waals surface area contributed by atoms with Crippen LogP contribution in [0.2, 0.25) is 5.02 Å². The number of carbonyl (C=O) groups excluding carboxylic acids is 3. The molecule has 2 amide bonds. The molecule has 0 radical (unpaired) electrons. The molecule has 0 bridgehead atoms. The molecule has 2 aliphatic rings. The first-order valence-electron chi connectivity index (χ1n) is 10.5. The van der Waals surface area contributed by atoms with Gasteiger partial charge in [-0.1, -0.05) is 42.2 Å². The van der Waals surface area contributed by atoms with E-state index in [0.717, 1.165) is 24.8 Å².